The Morgan fingerprint density at radius 1 is 0.897 bits per heavy atom. The first-order valence-corrected chi connectivity index (χ1v) is 24.1. The molecule has 3 saturated heterocycles. The molecule has 2 unspecified atom stereocenters. The molecule has 68 heavy (non-hydrogen) atoms. The van der Waals surface area contributed by atoms with Gasteiger partial charge in [0.25, 0.3) is 11.8 Å². The lowest BCUT2D eigenvalue weighted by Gasteiger charge is -2.41. The van der Waals surface area contributed by atoms with Crippen molar-refractivity contribution in [3.63, 3.8) is 0 Å². The number of Topliss-reactive ketones (excluding diaryl/α,β-unsaturated/α-hetero) is 1. The van der Waals surface area contributed by atoms with Crippen LogP contribution in [0, 0.1) is 11.3 Å². The highest BCUT2D eigenvalue weighted by molar-refractivity contribution is 6.38. The number of carbonyl (C=O) groups excluding carboxylic acids is 7. The summed E-state index contributed by atoms with van der Waals surface area (Å²) in [7, 11) is 1.57. The third-order valence-corrected chi connectivity index (χ3v) is 14.2. The van der Waals surface area contributed by atoms with Gasteiger partial charge in [0.15, 0.2) is 0 Å². The number of methoxy groups -OCH3 is 1. The summed E-state index contributed by atoms with van der Waals surface area (Å²) >= 11 is 0. The zero-order chi connectivity index (χ0) is 48.8. The van der Waals surface area contributed by atoms with Crippen LogP contribution >= 0.6 is 0 Å². The number of ether oxygens (including phenoxy) is 1. The van der Waals surface area contributed by atoms with Crippen LogP contribution in [0.5, 0.6) is 5.75 Å². The number of hydrogen-bond donors (Lipinski definition) is 4. The maximum absolute atomic E-state index is 15.6. The summed E-state index contributed by atoms with van der Waals surface area (Å²) in [6, 6.07) is 11.0. The number of ketones is 1. The molecule has 4 heterocycles. The van der Waals surface area contributed by atoms with Crippen LogP contribution < -0.4 is 26.0 Å². The van der Waals surface area contributed by atoms with Crippen LogP contribution in [0.15, 0.2) is 73.2 Å². The van der Waals surface area contributed by atoms with Gasteiger partial charge in [-0.2, -0.15) is 0 Å². The number of hydrogen-bond acceptors (Lipinski definition) is 11. The van der Waals surface area contributed by atoms with Crippen LogP contribution in [0.4, 0.5) is 0 Å². The molecule has 4 aliphatic rings. The van der Waals surface area contributed by atoms with Crippen molar-refractivity contribution < 1.29 is 38.3 Å². The minimum atomic E-state index is -1.23. The summed E-state index contributed by atoms with van der Waals surface area (Å²) in [6.45, 7) is 9.72. The van der Waals surface area contributed by atoms with Gasteiger partial charge in [-0.15, -0.1) is 0 Å². The molecule has 3 aliphatic heterocycles. The lowest BCUT2D eigenvalue weighted by Crippen LogP contribution is -2.62. The van der Waals surface area contributed by atoms with Gasteiger partial charge in [0, 0.05) is 31.9 Å². The molecular formula is C51H67N9O8. The maximum Gasteiger partial charge on any atom is 0.290 e. The lowest BCUT2D eigenvalue weighted by molar-refractivity contribution is -0.146. The van der Waals surface area contributed by atoms with Crippen molar-refractivity contribution in [3.05, 3.63) is 90.0 Å². The first-order chi connectivity index (χ1) is 32.6. The number of aromatic nitrogens is 2. The highest BCUT2D eigenvalue weighted by Crippen LogP contribution is 2.47. The molecule has 6 amide bonds. The van der Waals surface area contributed by atoms with Crippen LogP contribution in [-0.4, -0.2) is 122 Å². The Labute approximate surface area is 398 Å². The normalized spacial score (nSPS) is 22.5. The Kier molecular flexibility index (Phi) is 15.6. The number of carbonyl (C=O) groups is 7. The number of amides is 6. The Morgan fingerprint density at radius 3 is 2.32 bits per heavy atom. The highest BCUT2D eigenvalue weighted by Gasteiger charge is 2.65. The average molecular weight is 934 g/mol. The van der Waals surface area contributed by atoms with E-state index < -0.39 is 82.6 Å². The predicted molar refractivity (Wildman–Crippen MR) is 252 cm³/mol. The van der Waals surface area contributed by atoms with Gasteiger partial charge in [0.2, 0.25) is 29.4 Å². The second-order valence-electron chi connectivity index (χ2n) is 19.9. The molecule has 7 atom stereocenters. The van der Waals surface area contributed by atoms with Crippen molar-refractivity contribution in [3.8, 4) is 5.75 Å². The topological polar surface area (TPSA) is 212 Å². The molecule has 1 saturated carbocycles. The largest absolute Gasteiger partial charge is 0.497 e. The van der Waals surface area contributed by atoms with Gasteiger partial charge >= 0.3 is 0 Å². The van der Waals surface area contributed by atoms with Crippen molar-refractivity contribution >= 4 is 41.2 Å². The Bertz CT molecular complexity index is 2320. The Hall–Kier alpha value is -6.23. The molecule has 1 aromatic heterocycles. The minimum Gasteiger partial charge on any atom is -0.497 e. The maximum atomic E-state index is 15.6. The molecule has 17 heteroatoms. The standard InChI is InChI=1S/C51H67N9O8/c1-7-16-37(42(61)47(65)54-32(2)34-18-10-8-11-19-34)55-45(63)40-28-51(59-26-15-23-39(59)48(66)60(51)30-33-17-14-22-36(27-33)68-6)31-58(40)49(67)43(50(3,4)5)57-46(64)41(35-20-12-9-13-21-35)56-44(62)38-29-52-24-25-53-38/h8,10-11,14,17-19,22,24-25,27,29,32,35,37,39-41,43H,7,9,12-13,15-16,20-21,23,26,28,30-31H2,1-6H3,(H,54,65)(H,55,63)(H,56,62)(H,57,64)/t32-,37?,39+,40-,41-,43+,51?/m0/s1. The predicted octanol–water partition coefficient (Wildman–Crippen LogP) is 4.23. The summed E-state index contributed by atoms with van der Waals surface area (Å²) in [5.74, 6) is -3.71. The number of benzene rings is 2. The second-order valence-corrected chi connectivity index (χ2v) is 19.9. The fraction of sp³-hybridized carbons (Fsp3) is 0.549. The molecule has 1 spiro atoms. The van der Waals surface area contributed by atoms with E-state index in [0.29, 0.717) is 38.0 Å². The van der Waals surface area contributed by atoms with E-state index in [0.717, 1.165) is 36.8 Å². The van der Waals surface area contributed by atoms with E-state index in [-0.39, 0.29) is 43.5 Å². The fourth-order valence-electron chi connectivity index (χ4n) is 10.6. The van der Waals surface area contributed by atoms with Crippen molar-refractivity contribution in [1.82, 2.24) is 45.9 Å². The zero-order valence-electron chi connectivity index (χ0n) is 40.2. The van der Waals surface area contributed by atoms with Gasteiger partial charge in [0.1, 0.15) is 35.2 Å². The molecule has 7 rings (SSSR count). The molecule has 1 aliphatic carbocycles. The van der Waals surface area contributed by atoms with E-state index in [1.54, 1.807) is 18.9 Å². The van der Waals surface area contributed by atoms with Gasteiger partial charge < -0.3 is 35.8 Å². The number of nitrogens with one attached hydrogen (secondary N) is 4. The number of nitrogens with zero attached hydrogens (tertiary/aromatic N) is 5. The van der Waals surface area contributed by atoms with Gasteiger partial charge in [-0.1, -0.05) is 95.8 Å². The van der Waals surface area contributed by atoms with Crippen LogP contribution in [-0.2, 0) is 35.3 Å². The summed E-state index contributed by atoms with van der Waals surface area (Å²) < 4.78 is 5.52. The smallest absolute Gasteiger partial charge is 0.290 e. The van der Waals surface area contributed by atoms with E-state index in [4.69, 9.17) is 4.74 Å². The molecule has 0 radical (unpaired) electrons. The first kappa shape index (κ1) is 49.7. The van der Waals surface area contributed by atoms with Crippen LogP contribution in [0.1, 0.15) is 126 Å². The number of fused-ring (bicyclic) bond motifs is 2. The van der Waals surface area contributed by atoms with Gasteiger partial charge in [-0.25, -0.2) is 4.98 Å². The first-order valence-electron chi connectivity index (χ1n) is 24.1. The monoisotopic (exact) mass is 934 g/mol. The Balaban J connectivity index is 1.23. The number of likely N-dealkylation sites (tertiary alicyclic amines) is 1. The van der Waals surface area contributed by atoms with Crippen molar-refractivity contribution in [2.45, 2.75) is 147 Å². The van der Waals surface area contributed by atoms with Crippen molar-refractivity contribution in [2.24, 2.45) is 11.3 Å². The molecule has 3 aromatic rings. The summed E-state index contributed by atoms with van der Waals surface area (Å²) in [5.41, 5.74) is -0.420. The van der Waals surface area contributed by atoms with Crippen molar-refractivity contribution in [1.29, 1.82) is 0 Å². The quantitative estimate of drug-likeness (QED) is 0.141. The SMILES string of the molecule is CCCC(NC(=O)[C@@H]1CC2(CN1C(=O)[C@@H](NC(=O)[C@@H](NC(=O)c1cnccn1)C1CCCCC1)C(C)(C)C)N(Cc1cccc(OC)c1)C(=O)[C@H]1CCCN12)C(=O)C(=O)N[C@@H](C)c1ccccc1. The third-order valence-electron chi connectivity index (χ3n) is 14.2. The molecule has 0 bridgehead atoms. The van der Waals surface area contributed by atoms with Gasteiger partial charge in [-0.3, -0.25) is 43.4 Å². The van der Waals surface area contributed by atoms with E-state index in [1.165, 1.54) is 23.5 Å². The van der Waals surface area contributed by atoms with E-state index in [2.05, 4.69) is 36.1 Å². The zero-order valence-corrected chi connectivity index (χ0v) is 40.2. The van der Waals surface area contributed by atoms with Crippen molar-refractivity contribution in [2.75, 3.05) is 20.2 Å². The summed E-state index contributed by atoms with van der Waals surface area (Å²) in [5, 5.41) is 11.6. The van der Waals surface area contributed by atoms with Gasteiger partial charge in [-0.05, 0) is 73.6 Å². The molecule has 364 valence electrons. The van der Waals surface area contributed by atoms with Crippen LogP contribution in [0.2, 0.25) is 0 Å². The van der Waals surface area contributed by atoms with E-state index in [1.807, 2.05) is 82.3 Å². The fourth-order valence-corrected chi connectivity index (χ4v) is 10.6. The molecule has 2 aromatic carbocycles. The molecule has 17 nitrogen and oxygen atoms in total. The minimum absolute atomic E-state index is 0.00469. The Morgan fingerprint density at radius 2 is 1.65 bits per heavy atom. The highest BCUT2D eigenvalue weighted by atomic mass is 16.5. The van der Waals surface area contributed by atoms with E-state index >= 15 is 9.59 Å². The van der Waals surface area contributed by atoms with Crippen LogP contribution in [0.3, 0.4) is 0 Å². The number of rotatable bonds is 17. The van der Waals surface area contributed by atoms with E-state index in [9.17, 15) is 24.0 Å². The summed E-state index contributed by atoms with van der Waals surface area (Å²) in [6.07, 6.45) is 10.3. The molecule has 4 fully saturated rings. The second kappa shape index (κ2) is 21.4. The van der Waals surface area contributed by atoms with Crippen LogP contribution in [0.25, 0.3) is 0 Å². The lowest BCUT2D eigenvalue weighted by atomic mass is 9.82. The average Bonchev–Trinajstić information content (AvgIpc) is 4.05. The molecule has 4 N–H and O–H groups in total. The third kappa shape index (κ3) is 10.7. The van der Waals surface area contributed by atoms with Gasteiger partial charge in [0.05, 0.1) is 38.0 Å². The molecular weight excluding hydrogens is 867 g/mol. The summed E-state index contributed by atoms with van der Waals surface area (Å²) in [4.78, 5) is 115.